The normalized spacial score (nSPS) is 11.2. The van der Waals surface area contributed by atoms with Gasteiger partial charge < -0.3 is 9.84 Å². The Morgan fingerprint density at radius 2 is 1.88 bits per heavy atom. The Morgan fingerprint density at radius 3 is 2.56 bits per heavy atom. The minimum Gasteiger partial charge on any atom is -0.493 e. The van der Waals surface area contributed by atoms with Crippen molar-refractivity contribution in [1.82, 2.24) is 24.7 Å². The van der Waals surface area contributed by atoms with Crippen LogP contribution in [0.15, 0.2) is 67.3 Å². The summed E-state index contributed by atoms with van der Waals surface area (Å²) in [7, 11) is 1.80. The van der Waals surface area contributed by atoms with Crippen molar-refractivity contribution in [2.45, 2.75) is 13.8 Å². The second-order valence-corrected chi connectivity index (χ2v) is 10.4. The molecule has 10 nitrogen and oxygen atoms in total. The van der Waals surface area contributed by atoms with Crippen LogP contribution < -0.4 is 4.74 Å². The number of nitro groups is 1. The lowest BCUT2D eigenvalue weighted by Gasteiger charge is -2.11. The molecule has 0 bridgehead atoms. The summed E-state index contributed by atoms with van der Waals surface area (Å²) >= 11 is 1.38. The van der Waals surface area contributed by atoms with Crippen LogP contribution in [-0.2, 0) is 7.05 Å². The van der Waals surface area contributed by atoms with E-state index in [9.17, 15) is 15.2 Å². The van der Waals surface area contributed by atoms with Crippen molar-refractivity contribution in [2.75, 3.05) is 0 Å². The van der Waals surface area contributed by atoms with Gasteiger partial charge in [-0.2, -0.15) is 5.10 Å². The maximum Gasteiger partial charge on any atom is 0.322 e. The molecule has 0 unspecified atom stereocenters. The van der Waals surface area contributed by atoms with Gasteiger partial charge in [0.15, 0.2) is 11.6 Å². The van der Waals surface area contributed by atoms with Crippen LogP contribution >= 0.6 is 11.3 Å². The second kappa shape index (κ2) is 10.1. The molecule has 204 valence electrons. The van der Waals surface area contributed by atoms with Gasteiger partial charge in [-0.05, 0) is 54.8 Å². The van der Waals surface area contributed by atoms with Crippen molar-refractivity contribution >= 4 is 27.1 Å². The molecule has 4 heterocycles. The SMILES string of the molecule is Cc1ccnc(Oc2ccc(-c3c(-c4ccc([N+](=O)[O-])cc4C)sc4c(-c5cnn(C)c5)cnc(O)c34)cc2F)n1. The maximum absolute atomic E-state index is 15.5. The molecule has 0 saturated carbocycles. The fourth-order valence-electron chi connectivity index (χ4n) is 4.64. The Morgan fingerprint density at radius 1 is 1.05 bits per heavy atom. The smallest absolute Gasteiger partial charge is 0.322 e. The zero-order valence-electron chi connectivity index (χ0n) is 22.0. The summed E-state index contributed by atoms with van der Waals surface area (Å²) in [6, 6.07) is 10.8. The zero-order valence-corrected chi connectivity index (χ0v) is 22.8. The molecule has 0 radical (unpaired) electrons. The highest BCUT2D eigenvalue weighted by atomic mass is 32.1. The van der Waals surface area contributed by atoms with Gasteiger partial charge in [0.05, 0.1) is 21.2 Å². The first-order valence-corrected chi connectivity index (χ1v) is 13.2. The standard InChI is InChI=1S/C29H21FN6O4S/c1-15-10-19(36(38)39)5-6-20(15)26-24(17-4-7-23(22(30)11-17)40-29-31-9-8-16(2)34-29)25-27(41-26)21(13-32-28(25)37)18-12-33-35(3)14-18/h4-14H,1-3H3,(H,32,37). The lowest BCUT2D eigenvalue weighted by atomic mass is 9.96. The molecule has 0 aliphatic rings. The Kier molecular flexibility index (Phi) is 6.39. The van der Waals surface area contributed by atoms with E-state index in [0.717, 1.165) is 11.1 Å². The Bertz CT molecular complexity index is 1990. The molecule has 0 atom stereocenters. The van der Waals surface area contributed by atoms with E-state index < -0.39 is 10.7 Å². The fraction of sp³-hybridized carbons (Fsp3) is 0.103. The zero-order chi connectivity index (χ0) is 28.8. The van der Waals surface area contributed by atoms with Gasteiger partial charge in [-0.15, -0.1) is 11.3 Å². The van der Waals surface area contributed by atoms with Gasteiger partial charge in [0.2, 0.25) is 5.88 Å². The number of pyridine rings is 1. The van der Waals surface area contributed by atoms with Crippen LogP contribution in [0.3, 0.4) is 0 Å². The summed E-state index contributed by atoms with van der Waals surface area (Å²) in [6.07, 6.45) is 6.63. The largest absolute Gasteiger partial charge is 0.493 e. The average Bonchev–Trinajstić information content (AvgIpc) is 3.54. The number of rotatable bonds is 6. The van der Waals surface area contributed by atoms with Crippen LogP contribution in [0.4, 0.5) is 10.1 Å². The van der Waals surface area contributed by atoms with Crippen molar-refractivity contribution < 1.29 is 19.2 Å². The van der Waals surface area contributed by atoms with Gasteiger partial charge in [0, 0.05) is 65.0 Å². The second-order valence-electron chi connectivity index (χ2n) is 9.39. The molecule has 6 aromatic rings. The molecule has 0 fully saturated rings. The number of halogens is 1. The summed E-state index contributed by atoms with van der Waals surface area (Å²) in [6.45, 7) is 3.55. The van der Waals surface area contributed by atoms with Gasteiger partial charge in [-0.1, -0.05) is 6.07 Å². The number of non-ortho nitro benzene ring substituents is 1. The number of aromatic hydroxyl groups is 1. The topological polar surface area (TPSA) is 129 Å². The number of nitrogens with zero attached hydrogens (tertiary/aromatic N) is 6. The van der Waals surface area contributed by atoms with Crippen molar-refractivity contribution in [3.05, 3.63) is 94.4 Å². The van der Waals surface area contributed by atoms with E-state index >= 15 is 4.39 Å². The lowest BCUT2D eigenvalue weighted by Crippen LogP contribution is -1.95. The van der Waals surface area contributed by atoms with E-state index in [4.69, 9.17) is 4.74 Å². The number of benzene rings is 2. The third kappa shape index (κ3) is 4.74. The molecule has 0 aliphatic heterocycles. The summed E-state index contributed by atoms with van der Waals surface area (Å²) in [5.74, 6) is -0.946. The van der Waals surface area contributed by atoms with Crippen LogP contribution in [0.25, 0.3) is 42.8 Å². The first-order valence-electron chi connectivity index (χ1n) is 12.4. The maximum atomic E-state index is 15.5. The van der Waals surface area contributed by atoms with E-state index in [2.05, 4.69) is 20.1 Å². The van der Waals surface area contributed by atoms with Crippen molar-refractivity contribution in [3.8, 4) is 50.3 Å². The molecule has 4 aromatic heterocycles. The summed E-state index contributed by atoms with van der Waals surface area (Å²) in [4.78, 5) is 24.1. The monoisotopic (exact) mass is 568 g/mol. The molecule has 41 heavy (non-hydrogen) atoms. The first kappa shape index (κ1) is 26.0. The molecule has 0 aliphatic carbocycles. The Balaban J connectivity index is 1.58. The third-order valence-electron chi connectivity index (χ3n) is 6.57. The van der Waals surface area contributed by atoms with Crippen LogP contribution in [0, 0.1) is 29.8 Å². The van der Waals surface area contributed by atoms with Gasteiger partial charge in [0.25, 0.3) is 5.69 Å². The number of thiophene rings is 1. The summed E-state index contributed by atoms with van der Waals surface area (Å²) < 4.78 is 23.5. The quantitative estimate of drug-likeness (QED) is 0.168. The molecule has 12 heteroatoms. The van der Waals surface area contributed by atoms with E-state index in [1.54, 1.807) is 56.2 Å². The van der Waals surface area contributed by atoms with E-state index in [-0.39, 0.29) is 23.3 Å². The van der Waals surface area contributed by atoms with Crippen LogP contribution in [0.2, 0.25) is 0 Å². The lowest BCUT2D eigenvalue weighted by molar-refractivity contribution is -0.384. The van der Waals surface area contributed by atoms with Gasteiger partial charge >= 0.3 is 6.01 Å². The number of ether oxygens (including phenoxy) is 1. The molecule has 0 amide bonds. The fourth-order valence-corrected chi connectivity index (χ4v) is 6.08. The van der Waals surface area contributed by atoms with E-state index in [1.165, 1.54) is 41.8 Å². The minimum absolute atomic E-state index is 0.0165. The number of aromatic nitrogens is 5. The van der Waals surface area contributed by atoms with Crippen molar-refractivity contribution in [2.24, 2.45) is 7.05 Å². The predicted molar refractivity (Wildman–Crippen MR) is 153 cm³/mol. The van der Waals surface area contributed by atoms with Crippen molar-refractivity contribution in [1.29, 1.82) is 0 Å². The summed E-state index contributed by atoms with van der Waals surface area (Å²) in [5, 5.41) is 27.1. The molecule has 0 spiro atoms. The molecule has 6 rings (SSSR count). The van der Waals surface area contributed by atoms with Crippen LogP contribution in [-0.4, -0.2) is 34.8 Å². The number of hydrogen-bond acceptors (Lipinski definition) is 9. The van der Waals surface area contributed by atoms with Gasteiger partial charge in [-0.25, -0.2) is 19.3 Å². The Hall–Kier alpha value is -5.23. The van der Waals surface area contributed by atoms with Crippen molar-refractivity contribution in [3.63, 3.8) is 0 Å². The van der Waals surface area contributed by atoms with Crippen LogP contribution in [0.5, 0.6) is 17.6 Å². The van der Waals surface area contributed by atoms with Gasteiger partial charge in [-0.3, -0.25) is 14.8 Å². The number of fused-ring (bicyclic) bond motifs is 1. The Labute approximate surface area is 236 Å². The number of nitro benzene ring substituents is 1. The number of hydrogen-bond donors (Lipinski definition) is 1. The molecule has 2 aromatic carbocycles. The number of aryl methyl sites for hydroxylation is 3. The first-order chi connectivity index (χ1) is 19.7. The predicted octanol–water partition coefficient (Wildman–Crippen LogP) is 6.98. The molecular formula is C29H21FN6O4S. The highest BCUT2D eigenvalue weighted by Gasteiger charge is 2.25. The molecular weight excluding hydrogens is 547 g/mol. The third-order valence-corrected chi connectivity index (χ3v) is 7.82. The highest BCUT2D eigenvalue weighted by molar-refractivity contribution is 7.23. The van der Waals surface area contributed by atoms with E-state index in [1.807, 2.05) is 6.20 Å². The molecule has 1 N–H and O–H groups in total. The summed E-state index contributed by atoms with van der Waals surface area (Å²) in [5.41, 5.74) is 4.51. The minimum atomic E-state index is -0.658. The van der Waals surface area contributed by atoms with Crippen LogP contribution in [0.1, 0.15) is 11.3 Å². The average molecular weight is 569 g/mol. The van der Waals surface area contributed by atoms with Gasteiger partial charge in [0.1, 0.15) is 0 Å². The highest BCUT2D eigenvalue weighted by Crippen LogP contribution is 2.51. The molecule has 0 saturated heterocycles. The van der Waals surface area contributed by atoms with E-state index in [0.29, 0.717) is 42.9 Å².